The SMILES string of the molecule is CN1CCN(c2cccc(N)c2[N+](=O)[O-])CC1.CN1CCN(c2cccc(N)c2[N+](=O)[O-])CC1. The van der Waals surface area contributed by atoms with Crippen molar-refractivity contribution in [3.63, 3.8) is 0 Å². The summed E-state index contributed by atoms with van der Waals surface area (Å²) in [5.74, 6) is 0. The minimum atomic E-state index is -0.400. The van der Waals surface area contributed by atoms with Crippen molar-refractivity contribution >= 4 is 34.1 Å². The summed E-state index contributed by atoms with van der Waals surface area (Å²) in [6.07, 6.45) is 0. The molecule has 2 aromatic rings. The van der Waals surface area contributed by atoms with Gasteiger partial charge in [0, 0.05) is 52.4 Å². The van der Waals surface area contributed by atoms with E-state index in [1.54, 1.807) is 36.4 Å². The highest BCUT2D eigenvalue weighted by molar-refractivity contribution is 5.76. The molecule has 184 valence electrons. The Bertz CT molecular complexity index is 936. The van der Waals surface area contributed by atoms with Crippen molar-refractivity contribution in [2.75, 3.05) is 87.7 Å². The van der Waals surface area contributed by atoms with Crippen LogP contribution in [0.3, 0.4) is 0 Å². The second-order valence-electron chi connectivity index (χ2n) is 8.52. The Balaban J connectivity index is 0.000000191. The minimum absolute atomic E-state index is 0.0250. The van der Waals surface area contributed by atoms with Gasteiger partial charge in [-0.1, -0.05) is 12.1 Å². The van der Waals surface area contributed by atoms with Gasteiger partial charge < -0.3 is 31.1 Å². The van der Waals surface area contributed by atoms with Gasteiger partial charge in [0.25, 0.3) is 0 Å². The summed E-state index contributed by atoms with van der Waals surface area (Å²) < 4.78 is 0. The number of hydrogen-bond acceptors (Lipinski definition) is 10. The van der Waals surface area contributed by atoms with Crippen molar-refractivity contribution in [1.82, 2.24) is 9.80 Å². The van der Waals surface area contributed by atoms with E-state index < -0.39 is 9.85 Å². The van der Waals surface area contributed by atoms with Crippen LogP contribution in [0.2, 0.25) is 0 Å². The maximum Gasteiger partial charge on any atom is 0.315 e. The summed E-state index contributed by atoms with van der Waals surface area (Å²) >= 11 is 0. The van der Waals surface area contributed by atoms with Gasteiger partial charge in [0.05, 0.1) is 9.85 Å². The molecule has 2 aliphatic heterocycles. The van der Waals surface area contributed by atoms with Gasteiger partial charge in [-0.25, -0.2) is 0 Å². The van der Waals surface area contributed by atoms with Crippen LogP contribution in [-0.2, 0) is 0 Å². The molecule has 12 nitrogen and oxygen atoms in total. The van der Waals surface area contributed by atoms with Gasteiger partial charge in [0.1, 0.15) is 22.7 Å². The van der Waals surface area contributed by atoms with Crippen molar-refractivity contribution in [1.29, 1.82) is 0 Å². The molecule has 4 N–H and O–H groups in total. The van der Waals surface area contributed by atoms with Crippen LogP contribution in [0.5, 0.6) is 0 Å². The monoisotopic (exact) mass is 472 g/mol. The van der Waals surface area contributed by atoms with E-state index >= 15 is 0 Å². The van der Waals surface area contributed by atoms with Gasteiger partial charge in [0.15, 0.2) is 0 Å². The zero-order valence-corrected chi connectivity index (χ0v) is 19.6. The fourth-order valence-electron chi connectivity index (χ4n) is 4.10. The number of likely N-dealkylation sites (N-methyl/N-ethyl adjacent to an activating group) is 2. The van der Waals surface area contributed by atoms with E-state index in [1.165, 1.54) is 0 Å². The smallest absolute Gasteiger partial charge is 0.315 e. The molecule has 0 aliphatic carbocycles. The molecule has 2 aliphatic rings. The van der Waals surface area contributed by atoms with E-state index in [0.29, 0.717) is 11.4 Å². The Morgan fingerprint density at radius 2 is 0.971 bits per heavy atom. The van der Waals surface area contributed by atoms with Crippen molar-refractivity contribution in [3.8, 4) is 0 Å². The fourth-order valence-corrected chi connectivity index (χ4v) is 4.10. The van der Waals surface area contributed by atoms with Crippen LogP contribution in [0.25, 0.3) is 0 Å². The number of nitrogen functional groups attached to an aromatic ring is 2. The van der Waals surface area contributed by atoms with E-state index in [0.717, 1.165) is 52.4 Å². The standard InChI is InChI=1S/2C11H16N4O2/c2*1-13-5-7-14(8-6-13)10-4-2-3-9(12)11(10)15(16)17/h2*2-4H,5-8,12H2,1H3. The average Bonchev–Trinajstić information content (AvgIpc) is 2.80. The van der Waals surface area contributed by atoms with Crippen LogP contribution < -0.4 is 21.3 Å². The van der Waals surface area contributed by atoms with Crippen LogP contribution in [-0.4, -0.2) is 86.1 Å². The molecule has 0 spiro atoms. The number of nitrogens with two attached hydrogens (primary N) is 2. The zero-order valence-electron chi connectivity index (χ0n) is 19.6. The van der Waals surface area contributed by atoms with Crippen LogP contribution >= 0.6 is 0 Å². The van der Waals surface area contributed by atoms with Crippen molar-refractivity contribution < 1.29 is 9.85 Å². The second kappa shape index (κ2) is 11.0. The molecule has 2 saturated heterocycles. The van der Waals surface area contributed by atoms with Gasteiger partial charge in [-0.2, -0.15) is 0 Å². The quantitative estimate of drug-likeness (QED) is 0.383. The van der Waals surface area contributed by atoms with Crippen molar-refractivity contribution in [2.45, 2.75) is 0 Å². The summed E-state index contributed by atoms with van der Waals surface area (Å²) in [6.45, 7) is 6.80. The Morgan fingerprint density at radius 1 is 0.647 bits per heavy atom. The van der Waals surface area contributed by atoms with E-state index in [-0.39, 0.29) is 22.7 Å². The minimum Gasteiger partial charge on any atom is -0.393 e. The van der Waals surface area contributed by atoms with E-state index in [2.05, 4.69) is 9.80 Å². The third-order valence-electron chi connectivity index (χ3n) is 6.14. The lowest BCUT2D eigenvalue weighted by atomic mass is 10.2. The van der Waals surface area contributed by atoms with Crippen LogP contribution in [0, 0.1) is 20.2 Å². The maximum atomic E-state index is 11.0. The van der Waals surface area contributed by atoms with Crippen LogP contribution in [0.1, 0.15) is 0 Å². The number of benzene rings is 2. The molecule has 34 heavy (non-hydrogen) atoms. The molecule has 0 aromatic heterocycles. The lowest BCUT2D eigenvalue weighted by molar-refractivity contribution is -0.383. The lowest BCUT2D eigenvalue weighted by Crippen LogP contribution is -2.44. The average molecular weight is 473 g/mol. The fraction of sp³-hybridized carbons (Fsp3) is 0.455. The Morgan fingerprint density at radius 3 is 1.26 bits per heavy atom. The predicted molar refractivity (Wildman–Crippen MR) is 134 cm³/mol. The van der Waals surface area contributed by atoms with Crippen molar-refractivity contribution in [2.24, 2.45) is 0 Å². The highest BCUT2D eigenvalue weighted by atomic mass is 16.6. The number of nitrogens with zero attached hydrogens (tertiary/aromatic N) is 6. The normalized spacial score (nSPS) is 17.1. The molecule has 2 heterocycles. The molecular formula is C22H32N8O4. The van der Waals surface area contributed by atoms with Crippen LogP contribution in [0.4, 0.5) is 34.1 Å². The number of rotatable bonds is 4. The second-order valence-corrected chi connectivity index (χ2v) is 8.52. The maximum absolute atomic E-state index is 11.0. The summed E-state index contributed by atoms with van der Waals surface area (Å²) in [5.41, 5.74) is 13.1. The van der Waals surface area contributed by atoms with E-state index in [4.69, 9.17) is 11.5 Å². The lowest BCUT2D eigenvalue weighted by Gasteiger charge is -2.33. The highest BCUT2D eigenvalue weighted by Crippen LogP contribution is 2.34. The molecule has 0 amide bonds. The molecule has 2 aromatic carbocycles. The molecule has 2 fully saturated rings. The summed E-state index contributed by atoms with van der Waals surface area (Å²) in [6, 6.07) is 10.2. The first kappa shape index (κ1) is 25.0. The number of anilines is 4. The van der Waals surface area contributed by atoms with Gasteiger partial charge in [0.2, 0.25) is 0 Å². The first-order valence-corrected chi connectivity index (χ1v) is 11.1. The Labute approximate surface area is 198 Å². The molecule has 4 rings (SSSR count). The summed E-state index contributed by atoms with van der Waals surface area (Å²) in [4.78, 5) is 29.7. The molecular weight excluding hydrogens is 440 g/mol. The Hall–Kier alpha value is -3.64. The number of nitro groups is 2. The number of piperazine rings is 2. The highest BCUT2D eigenvalue weighted by Gasteiger charge is 2.25. The summed E-state index contributed by atoms with van der Waals surface area (Å²) in [5, 5.41) is 22.1. The van der Waals surface area contributed by atoms with E-state index in [1.807, 2.05) is 23.9 Å². The molecule has 0 saturated carbocycles. The number of nitro benzene ring substituents is 2. The van der Waals surface area contributed by atoms with Gasteiger partial charge in [-0.3, -0.25) is 20.2 Å². The topological polar surface area (TPSA) is 151 Å². The van der Waals surface area contributed by atoms with Crippen LogP contribution in [0.15, 0.2) is 36.4 Å². The summed E-state index contributed by atoms with van der Waals surface area (Å²) in [7, 11) is 4.09. The molecule has 0 atom stereocenters. The van der Waals surface area contributed by atoms with Crippen molar-refractivity contribution in [3.05, 3.63) is 56.6 Å². The number of hydrogen-bond donors (Lipinski definition) is 2. The number of para-hydroxylation sites is 2. The third kappa shape index (κ3) is 5.83. The van der Waals surface area contributed by atoms with Gasteiger partial charge in [-0.05, 0) is 38.4 Å². The molecule has 12 heteroatoms. The Kier molecular flexibility index (Phi) is 8.08. The predicted octanol–water partition coefficient (Wildman–Crippen LogP) is 1.86. The first-order valence-electron chi connectivity index (χ1n) is 11.1. The third-order valence-corrected chi connectivity index (χ3v) is 6.14. The zero-order chi connectivity index (χ0) is 24.8. The van der Waals surface area contributed by atoms with E-state index in [9.17, 15) is 20.2 Å². The molecule has 0 bridgehead atoms. The molecule has 0 radical (unpaired) electrons. The van der Waals surface area contributed by atoms with Gasteiger partial charge in [-0.15, -0.1) is 0 Å². The molecule has 0 unspecified atom stereocenters. The largest absolute Gasteiger partial charge is 0.393 e. The first-order chi connectivity index (χ1) is 16.2. The van der Waals surface area contributed by atoms with Gasteiger partial charge >= 0.3 is 11.4 Å².